The number of aryl methyl sites for hydroxylation is 5. The summed E-state index contributed by atoms with van der Waals surface area (Å²) in [5.74, 6) is 6.47. The molecule has 0 aliphatic carbocycles. The minimum atomic E-state index is -3.64. The first-order chi connectivity index (χ1) is 67.5. The van der Waals surface area contributed by atoms with Gasteiger partial charge >= 0.3 is 6.04 Å². The Labute approximate surface area is 786 Å². The molecule has 696 valence electrons. The first-order valence-electron chi connectivity index (χ1n) is 42.6. The Balaban J connectivity index is 0.000000108. The topological polar surface area (TPSA) is 459 Å². The van der Waals surface area contributed by atoms with E-state index in [0.29, 0.717) is 158 Å². The quantitative estimate of drug-likeness (QED) is 0.0392. The fourth-order valence-corrected chi connectivity index (χ4v) is 15.0. The Morgan fingerprint density at radius 1 is 0.367 bits per heavy atom. The molecule has 24 rings (SSSR count). The van der Waals surface area contributed by atoms with Gasteiger partial charge in [-0.05, 0) is 234 Å². The molecule has 0 spiro atoms. The lowest BCUT2D eigenvalue weighted by molar-refractivity contribution is -0.173. The second-order valence-electron chi connectivity index (χ2n) is 30.9. The third-order valence-electron chi connectivity index (χ3n) is 21.0. The smallest absolute Gasteiger partial charge is 0.404 e. The van der Waals surface area contributed by atoms with E-state index in [1.807, 2.05) is 98.8 Å². The first kappa shape index (κ1) is 90.8. The molecule has 40 heteroatoms. The van der Waals surface area contributed by atoms with Gasteiger partial charge in [0.25, 0.3) is 10.0 Å². The standard InChI is InChI=1S/C17H14N4O3S.C14H10FN3O3.C14H13N3O2.C14H11N3O2.C14H13N3O.C13H10FN3O.C13H9N3O3/c1-12-4-6-14(7-5-12)25(22,23)21-10-8-13(11-21)19-17-16-15(24-20-17)3-2-9-18-16;1-14(15)19-9-5-4-8(7-11(9)20-14)17-13-12-10(21-18-13)3-2-6-16-12;1-9-5-6-10(8-12(9)18-2)16-14-13-11(19-17-14)4-3-7-15-13;1-9(18)10-4-2-5-11(8-10)16-14-13-12(19-17-14)6-3-7-15-13;1-9-5-6-11(8-10(9)2)16-14-13-12(18-17-14)4-3-7-15-13;1-8-4-5-9(7-10(8)14)16-13-12-11(18-17-13)3-2-6-15-12;1-2-10-12(14-5-1)13(16-19-10)15-8-3-4-9-11(6-8)18-7-17-9/h2-11H,1H3,(H,19,20);2-7H,1H3,(H,17,18);3-8H,1-2H3,(H,16,17);2-8H,1H3,(H,16,17);3-8H,1-2H3,(H,16,17);2-7H,1H3,(H,16,17);1-6H,7H2,(H,15,16). The van der Waals surface area contributed by atoms with E-state index in [4.69, 9.17) is 55.3 Å². The molecule has 17 heterocycles. The number of methoxy groups -OCH3 is 1. The maximum atomic E-state index is 13.6. The number of anilines is 14. The Morgan fingerprint density at radius 3 is 1.13 bits per heavy atom. The summed E-state index contributed by atoms with van der Waals surface area (Å²) in [4.78, 5) is 41.1. The number of halogens is 2. The van der Waals surface area contributed by atoms with E-state index >= 15 is 0 Å². The number of carbonyl (C=O) groups is 1. The van der Waals surface area contributed by atoms with Crippen LogP contribution in [0.2, 0.25) is 0 Å². The molecule has 7 aromatic carbocycles. The highest BCUT2D eigenvalue weighted by atomic mass is 32.2. The van der Waals surface area contributed by atoms with Crippen molar-refractivity contribution in [1.82, 2.24) is 75.0 Å². The lowest BCUT2D eigenvalue weighted by Crippen LogP contribution is -2.27. The highest BCUT2D eigenvalue weighted by Crippen LogP contribution is 2.43. The van der Waals surface area contributed by atoms with E-state index < -0.39 is 16.1 Å². The molecule has 0 amide bonds. The van der Waals surface area contributed by atoms with Crippen LogP contribution in [-0.2, 0) is 10.0 Å². The van der Waals surface area contributed by atoms with Gasteiger partial charge in [-0.15, -0.1) is 0 Å². The van der Waals surface area contributed by atoms with Crippen LogP contribution in [0.1, 0.15) is 52.0 Å². The zero-order chi connectivity index (χ0) is 96.1. The second-order valence-corrected chi connectivity index (χ2v) is 32.8. The highest BCUT2D eigenvalue weighted by Gasteiger charge is 2.37. The van der Waals surface area contributed by atoms with Crippen LogP contribution >= 0.6 is 0 Å². The van der Waals surface area contributed by atoms with E-state index in [0.717, 1.165) is 54.9 Å². The van der Waals surface area contributed by atoms with Crippen LogP contribution in [0.3, 0.4) is 0 Å². The van der Waals surface area contributed by atoms with Gasteiger partial charge in [0.15, 0.2) is 124 Å². The van der Waals surface area contributed by atoms with Crippen molar-refractivity contribution in [2.45, 2.75) is 59.4 Å². The lowest BCUT2D eigenvalue weighted by Gasteiger charge is -2.10. The Hall–Kier alpha value is -18.8. The number of hydrogen-bond donors (Lipinski definition) is 7. The summed E-state index contributed by atoms with van der Waals surface area (Å²) in [6, 6.07) is 66.0. The van der Waals surface area contributed by atoms with E-state index in [-0.39, 0.29) is 23.3 Å². The number of fused-ring (bicyclic) bond motifs is 9. The van der Waals surface area contributed by atoms with Gasteiger partial charge in [0.2, 0.25) is 30.1 Å². The number of ether oxygens (including phenoxy) is 5. The van der Waals surface area contributed by atoms with Gasteiger partial charge in [-0.3, -0.25) is 4.79 Å². The molecular weight excluding hydrogens is 1810 g/mol. The molecule has 139 heavy (non-hydrogen) atoms. The lowest BCUT2D eigenvalue weighted by atomic mass is 10.1. The third-order valence-corrected chi connectivity index (χ3v) is 22.6. The number of Topliss-reactive ketones (excluding diaryl/α,β-unsaturated/α-hetero) is 1. The first-order valence-corrected chi connectivity index (χ1v) is 44.0. The number of carbonyl (C=O) groups excluding carboxylic acids is 1. The minimum absolute atomic E-state index is 0.0202. The molecule has 2 aliphatic rings. The Kier molecular flexibility index (Phi) is 26.4. The molecule has 7 N–H and O–H groups in total. The van der Waals surface area contributed by atoms with Crippen LogP contribution in [0.5, 0.6) is 28.7 Å². The zero-order valence-corrected chi connectivity index (χ0v) is 75.7. The van der Waals surface area contributed by atoms with Gasteiger partial charge in [-0.2, -0.15) is 4.39 Å². The number of aromatic nitrogens is 15. The molecule has 22 aromatic rings. The summed E-state index contributed by atoms with van der Waals surface area (Å²) in [6.45, 7) is 12.8. The summed E-state index contributed by atoms with van der Waals surface area (Å²) in [5.41, 5.74) is 20.1. The average molecular weight is 1890 g/mol. The van der Waals surface area contributed by atoms with Crippen LogP contribution in [0.25, 0.3) is 77.7 Å². The van der Waals surface area contributed by atoms with Crippen LogP contribution < -0.4 is 60.9 Å². The van der Waals surface area contributed by atoms with Crippen LogP contribution in [0.15, 0.2) is 323 Å². The number of ketones is 1. The summed E-state index contributed by atoms with van der Waals surface area (Å²) in [6.07, 6.45) is 14.7. The van der Waals surface area contributed by atoms with Gasteiger partial charge in [0.05, 0.1) is 17.7 Å². The monoisotopic (exact) mass is 1890 g/mol. The number of pyridine rings is 7. The molecular formula is C99H80F2N22O15S. The predicted molar refractivity (Wildman–Crippen MR) is 515 cm³/mol. The van der Waals surface area contributed by atoms with Crippen molar-refractivity contribution in [2.75, 3.05) is 51.1 Å². The predicted octanol–water partition coefficient (Wildman–Crippen LogP) is 22.8. The fourth-order valence-electron chi connectivity index (χ4n) is 13.8. The normalized spacial score (nSPS) is 12.6. The number of alkyl halides is 1. The number of hydrogen-bond acceptors (Lipinski definition) is 36. The van der Waals surface area contributed by atoms with Crippen LogP contribution in [0, 0.1) is 40.4 Å². The molecule has 37 nitrogen and oxygen atoms in total. The van der Waals surface area contributed by atoms with Gasteiger partial charge in [0, 0.05) is 121 Å². The summed E-state index contributed by atoms with van der Waals surface area (Å²) < 4.78 is 116. The van der Waals surface area contributed by atoms with E-state index in [2.05, 4.69) is 134 Å². The Morgan fingerprint density at radius 2 is 0.719 bits per heavy atom. The van der Waals surface area contributed by atoms with Crippen molar-refractivity contribution in [1.29, 1.82) is 0 Å². The van der Waals surface area contributed by atoms with Crippen LogP contribution in [-0.4, -0.2) is 109 Å². The number of nitrogens with zero attached hydrogens (tertiary/aromatic N) is 15. The second kappa shape index (κ2) is 40.4. The van der Waals surface area contributed by atoms with Crippen molar-refractivity contribution in [3.05, 3.63) is 325 Å². The van der Waals surface area contributed by atoms with Gasteiger partial charge in [0.1, 0.15) is 11.6 Å². The number of nitrogens with one attached hydrogen (secondary N) is 7. The van der Waals surface area contributed by atoms with Crippen molar-refractivity contribution >= 4 is 174 Å². The fraction of sp³-hybridized carbons (Fsp3) is 0.101. The maximum Gasteiger partial charge on any atom is 0.404 e. The van der Waals surface area contributed by atoms with Crippen molar-refractivity contribution in [3.63, 3.8) is 0 Å². The molecule has 0 saturated carbocycles. The van der Waals surface area contributed by atoms with Gasteiger partial charge in [-0.25, -0.2) is 51.7 Å². The van der Waals surface area contributed by atoms with E-state index in [9.17, 15) is 22.0 Å². The summed E-state index contributed by atoms with van der Waals surface area (Å²) in [5, 5.41) is 49.3. The third kappa shape index (κ3) is 21.3. The largest absolute Gasteiger partial charge is 0.496 e. The highest BCUT2D eigenvalue weighted by molar-refractivity contribution is 7.90. The van der Waals surface area contributed by atoms with Crippen molar-refractivity contribution in [3.8, 4) is 28.7 Å². The molecule has 15 aromatic heterocycles. The molecule has 1 unspecified atom stereocenters. The van der Waals surface area contributed by atoms with Crippen LogP contribution in [0.4, 0.5) is 89.3 Å². The average Bonchev–Trinajstić information content (AvgIpc) is 1.69. The summed E-state index contributed by atoms with van der Waals surface area (Å²) in [7, 11) is -1.99. The van der Waals surface area contributed by atoms with Crippen molar-refractivity contribution in [2.24, 2.45) is 0 Å². The number of benzene rings is 7. The number of rotatable bonds is 18. The van der Waals surface area contributed by atoms with Crippen molar-refractivity contribution < 1.29 is 77.3 Å². The molecule has 0 radical (unpaired) electrons. The van der Waals surface area contributed by atoms with Gasteiger partial charge in [-0.1, -0.05) is 84.1 Å². The molecule has 0 fully saturated rings. The molecule has 1 atom stereocenters. The minimum Gasteiger partial charge on any atom is -0.496 e. The zero-order valence-electron chi connectivity index (χ0n) is 74.8. The van der Waals surface area contributed by atoms with E-state index in [1.165, 1.54) is 43.4 Å². The van der Waals surface area contributed by atoms with Gasteiger partial charge < -0.3 is 92.6 Å². The molecule has 2 aliphatic heterocycles. The molecule has 0 saturated heterocycles. The maximum absolute atomic E-state index is 13.6. The SMILES string of the molecule is CC(=O)c1cccc(Nc2noc3cccnc23)c1.CC1(F)Oc2ccc(Nc3noc4cccnc34)cc2O1.COc1cc(Nc2noc3cccnc23)ccc1C.Cc1ccc(Nc2noc3cccnc23)cc1C.Cc1ccc(Nc2noc3cccnc23)cc1F.Cc1ccc(S(=O)(=O)n2ccc(Nc3noc4cccnc34)c2)cc1.c1cnc2c(Nc3ccc4c(c3)OCO4)noc2c1. The molecule has 0 bridgehead atoms. The van der Waals surface area contributed by atoms with E-state index in [1.54, 1.807) is 185 Å². The summed E-state index contributed by atoms with van der Waals surface area (Å²) >= 11 is 0. The Bertz CT molecular complexity index is 8080.